The largest absolute Gasteiger partial charge is 0.508 e. The fourth-order valence-corrected chi connectivity index (χ4v) is 3.19. The van der Waals surface area contributed by atoms with Crippen molar-refractivity contribution in [2.24, 2.45) is 0 Å². The minimum absolute atomic E-state index is 0.0731. The molecule has 0 saturated heterocycles. The molecule has 0 radical (unpaired) electrons. The van der Waals surface area contributed by atoms with Crippen molar-refractivity contribution in [3.05, 3.63) is 64.4 Å². The van der Waals surface area contributed by atoms with Crippen molar-refractivity contribution in [1.82, 2.24) is 4.57 Å². The Morgan fingerprint density at radius 2 is 1.78 bits per heavy atom. The van der Waals surface area contributed by atoms with E-state index in [0.29, 0.717) is 17.4 Å². The van der Waals surface area contributed by atoms with Crippen molar-refractivity contribution in [2.75, 3.05) is 0 Å². The van der Waals surface area contributed by atoms with Crippen LogP contribution in [0.1, 0.15) is 38.2 Å². The van der Waals surface area contributed by atoms with Gasteiger partial charge in [0.25, 0.3) is 5.56 Å². The molecule has 3 rings (SSSR count). The van der Waals surface area contributed by atoms with Gasteiger partial charge in [0.2, 0.25) is 5.75 Å². The molecule has 0 saturated carbocycles. The van der Waals surface area contributed by atoms with Crippen molar-refractivity contribution in [2.45, 2.75) is 45.8 Å². The zero-order valence-electron chi connectivity index (χ0n) is 15.5. The van der Waals surface area contributed by atoms with E-state index >= 15 is 0 Å². The lowest BCUT2D eigenvalue weighted by Crippen LogP contribution is -2.21. The van der Waals surface area contributed by atoms with Crippen molar-refractivity contribution >= 4 is 10.9 Å². The summed E-state index contributed by atoms with van der Waals surface area (Å²) in [5.41, 5.74) is 1.01. The van der Waals surface area contributed by atoms with Crippen LogP contribution in [0.25, 0.3) is 10.9 Å². The van der Waals surface area contributed by atoms with Crippen LogP contribution in [-0.2, 0) is 13.2 Å². The van der Waals surface area contributed by atoms with E-state index in [4.69, 9.17) is 4.74 Å². The van der Waals surface area contributed by atoms with Crippen molar-refractivity contribution < 1.29 is 14.9 Å². The second kappa shape index (κ2) is 8.62. The third-order valence-corrected chi connectivity index (χ3v) is 4.64. The van der Waals surface area contributed by atoms with Gasteiger partial charge in [0.15, 0.2) is 5.75 Å². The highest BCUT2D eigenvalue weighted by Crippen LogP contribution is 2.34. The van der Waals surface area contributed by atoms with Crippen LogP contribution >= 0.6 is 0 Å². The highest BCUT2D eigenvalue weighted by molar-refractivity contribution is 5.88. The first-order chi connectivity index (χ1) is 13.1. The van der Waals surface area contributed by atoms with E-state index < -0.39 is 5.56 Å². The number of benzene rings is 2. The fourth-order valence-electron chi connectivity index (χ4n) is 3.19. The van der Waals surface area contributed by atoms with Crippen LogP contribution in [0.5, 0.6) is 17.2 Å². The van der Waals surface area contributed by atoms with E-state index in [1.165, 1.54) is 10.6 Å². The predicted molar refractivity (Wildman–Crippen MR) is 106 cm³/mol. The van der Waals surface area contributed by atoms with Gasteiger partial charge in [-0.1, -0.05) is 56.5 Å². The Morgan fingerprint density at radius 1 is 1.00 bits per heavy atom. The lowest BCUT2D eigenvalue weighted by atomic mass is 10.1. The van der Waals surface area contributed by atoms with Gasteiger partial charge in [-0.15, -0.1) is 0 Å². The van der Waals surface area contributed by atoms with Gasteiger partial charge in [-0.05, 0) is 24.1 Å². The Bertz CT molecular complexity index is 963. The number of aryl methyl sites for hydroxylation is 1. The number of rotatable bonds is 8. The van der Waals surface area contributed by atoms with Crippen LogP contribution in [0.4, 0.5) is 0 Å². The number of hydrogen-bond donors (Lipinski definition) is 2. The number of ether oxygens (including phenoxy) is 1. The second-order valence-electron chi connectivity index (χ2n) is 6.67. The number of phenolic OH excluding ortho intramolecular Hbond substituents is 1. The van der Waals surface area contributed by atoms with Crippen LogP contribution in [-0.4, -0.2) is 14.8 Å². The molecule has 0 unspecified atom stereocenters. The molecule has 0 aliphatic heterocycles. The van der Waals surface area contributed by atoms with Crippen LogP contribution in [0, 0.1) is 0 Å². The molecule has 2 aromatic carbocycles. The number of unbranched alkanes of at least 4 members (excludes halogenated alkanes) is 3. The monoisotopic (exact) mass is 367 g/mol. The Balaban J connectivity index is 1.99. The molecular weight excluding hydrogens is 342 g/mol. The number of phenols is 1. The van der Waals surface area contributed by atoms with Gasteiger partial charge in [0.1, 0.15) is 12.4 Å². The summed E-state index contributed by atoms with van der Waals surface area (Å²) in [5.74, 6) is -0.160. The molecule has 142 valence electrons. The smallest absolute Gasteiger partial charge is 0.297 e. The van der Waals surface area contributed by atoms with Crippen LogP contribution < -0.4 is 10.3 Å². The van der Waals surface area contributed by atoms with Crippen LogP contribution in [0.15, 0.2) is 53.3 Å². The van der Waals surface area contributed by atoms with Gasteiger partial charge >= 0.3 is 0 Å². The van der Waals surface area contributed by atoms with E-state index in [0.717, 1.165) is 31.2 Å². The summed E-state index contributed by atoms with van der Waals surface area (Å²) in [6.45, 7) is 2.86. The molecule has 1 aromatic heterocycles. The first kappa shape index (κ1) is 18.8. The third kappa shape index (κ3) is 4.25. The third-order valence-electron chi connectivity index (χ3n) is 4.64. The van der Waals surface area contributed by atoms with Gasteiger partial charge in [0, 0.05) is 18.0 Å². The summed E-state index contributed by atoms with van der Waals surface area (Å²) < 4.78 is 7.33. The standard InChI is InChI=1S/C22H25NO4/c1-2-3-4-8-13-23-19-14-17(24)11-12-18(19)21(20(25)22(23)26)27-15-16-9-6-5-7-10-16/h5-7,9-12,14,24-25H,2-4,8,13,15H2,1H3. The number of nitrogens with zero attached hydrogens (tertiary/aromatic N) is 1. The van der Waals surface area contributed by atoms with Crippen molar-refractivity contribution in [3.63, 3.8) is 0 Å². The Morgan fingerprint density at radius 3 is 2.52 bits per heavy atom. The molecule has 27 heavy (non-hydrogen) atoms. The second-order valence-corrected chi connectivity index (χ2v) is 6.67. The molecule has 2 N–H and O–H groups in total. The highest BCUT2D eigenvalue weighted by atomic mass is 16.5. The minimum atomic E-state index is -0.493. The number of pyridine rings is 1. The quantitative estimate of drug-likeness (QED) is 0.572. The van der Waals surface area contributed by atoms with Gasteiger partial charge in [-0.3, -0.25) is 4.79 Å². The summed E-state index contributed by atoms with van der Waals surface area (Å²) in [5, 5.41) is 21.0. The maximum Gasteiger partial charge on any atom is 0.297 e. The van der Waals surface area contributed by atoms with Crippen LogP contribution in [0.3, 0.4) is 0 Å². The first-order valence-electron chi connectivity index (χ1n) is 9.37. The van der Waals surface area contributed by atoms with Gasteiger partial charge in [0.05, 0.1) is 5.52 Å². The highest BCUT2D eigenvalue weighted by Gasteiger charge is 2.18. The lowest BCUT2D eigenvalue weighted by Gasteiger charge is -2.16. The topological polar surface area (TPSA) is 71.7 Å². The number of fused-ring (bicyclic) bond motifs is 1. The Labute approximate surface area is 158 Å². The molecule has 3 aromatic rings. The molecule has 0 amide bonds. The zero-order valence-corrected chi connectivity index (χ0v) is 15.5. The van der Waals surface area contributed by atoms with E-state index in [1.54, 1.807) is 12.1 Å². The summed E-state index contributed by atoms with van der Waals surface area (Å²) in [6, 6.07) is 14.3. The molecule has 0 spiro atoms. The molecule has 0 aliphatic rings. The normalized spacial score (nSPS) is 11.0. The summed E-state index contributed by atoms with van der Waals surface area (Å²) in [4.78, 5) is 12.7. The molecule has 0 aliphatic carbocycles. The summed E-state index contributed by atoms with van der Waals surface area (Å²) in [6.07, 6.45) is 4.05. The Hall–Kier alpha value is -2.95. The van der Waals surface area contributed by atoms with Gasteiger partial charge in [-0.25, -0.2) is 0 Å². The average molecular weight is 367 g/mol. The maximum atomic E-state index is 12.7. The van der Waals surface area contributed by atoms with E-state index in [-0.39, 0.29) is 23.9 Å². The molecule has 1 heterocycles. The number of aromatic nitrogens is 1. The maximum absolute atomic E-state index is 12.7. The van der Waals surface area contributed by atoms with E-state index in [9.17, 15) is 15.0 Å². The fraction of sp³-hybridized carbons (Fsp3) is 0.318. The molecule has 5 heteroatoms. The molecular formula is C22H25NO4. The van der Waals surface area contributed by atoms with E-state index in [2.05, 4.69) is 6.92 Å². The zero-order chi connectivity index (χ0) is 19.2. The molecule has 0 atom stereocenters. The average Bonchev–Trinajstić information content (AvgIpc) is 2.68. The molecule has 0 bridgehead atoms. The molecule has 5 nitrogen and oxygen atoms in total. The number of aromatic hydroxyl groups is 2. The van der Waals surface area contributed by atoms with E-state index in [1.807, 2.05) is 30.3 Å². The number of hydrogen-bond acceptors (Lipinski definition) is 4. The first-order valence-corrected chi connectivity index (χ1v) is 9.37. The predicted octanol–water partition coefficient (Wildman–Crippen LogP) is 4.57. The van der Waals surface area contributed by atoms with Gasteiger partial charge in [-0.2, -0.15) is 0 Å². The SMILES string of the molecule is CCCCCCn1c(=O)c(O)c(OCc2ccccc2)c2ccc(O)cc21. The lowest BCUT2D eigenvalue weighted by molar-refractivity contribution is 0.290. The van der Waals surface area contributed by atoms with Crippen molar-refractivity contribution in [3.8, 4) is 17.2 Å². The summed E-state index contributed by atoms with van der Waals surface area (Å²) >= 11 is 0. The summed E-state index contributed by atoms with van der Waals surface area (Å²) in [7, 11) is 0. The molecule has 0 fully saturated rings. The van der Waals surface area contributed by atoms with Crippen LogP contribution in [0.2, 0.25) is 0 Å². The minimum Gasteiger partial charge on any atom is -0.508 e. The Kier molecular flexibility index (Phi) is 6.01. The van der Waals surface area contributed by atoms with Crippen molar-refractivity contribution in [1.29, 1.82) is 0 Å². The van der Waals surface area contributed by atoms with Gasteiger partial charge < -0.3 is 19.5 Å².